The molecule has 140 valence electrons. The number of benzene rings is 1. The highest BCUT2D eigenvalue weighted by molar-refractivity contribution is 8.18. The molecule has 1 aliphatic heterocycles. The maximum atomic E-state index is 12.1. The lowest BCUT2D eigenvalue weighted by molar-refractivity contribution is -0.115. The lowest BCUT2D eigenvalue weighted by Gasteiger charge is -1.99. The third-order valence-corrected chi connectivity index (χ3v) is 4.91. The maximum absolute atomic E-state index is 12.1. The van der Waals surface area contributed by atoms with Crippen LogP contribution in [0.3, 0.4) is 0 Å². The Morgan fingerprint density at radius 3 is 2.64 bits per heavy atom. The van der Waals surface area contributed by atoms with Crippen LogP contribution in [0.4, 0.5) is 0 Å². The van der Waals surface area contributed by atoms with Gasteiger partial charge in [0, 0.05) is 21.7 Å². The molecule has 0 spiro atoms. The van der Waals surface area contributed by atoms with Crippen LogP contribution in [0.25, 0.3) is 17.4 Å². The summed E-state index contributed by atoms with van der Waals surface area (Å²) >= 11 is 13.2. The number of carbonyl (C=O) groups is 1. The first-order valence-corrected chi connectivity index (χ1v) is 9.56. The van der Waals surface area contributed by atoms with Gasteiger partial charge in [-0.25, -0.2) is 0 Å². The fourth-order valence-electron chi connectivity index (χ4n) is 2.39. The van der Waals surface area contributed by atoms with E-state index < -0.39 is 0 Å². The zero-order chi connectivity index (χ0) is 19.5. The normalized spacial score (nSPS) is 17.1. The Bertz CT molecular complexity index is 1100. The van der Waals surface area contributed by atoms with Crippen LogP contribution in [-0.2, 0) is 4.79 Å². The van der Waals surface area contributed by atoms with Crippen molar-refractivity contribution < 1.29 is 13.6 Å². The van der Waals surface area contributed by atoms with Crippen LogP contribution in [0.2, 0.25) is 10.0 Å². The van der Waals surface area contributed by atoms with Gasteiger partial charge in [-0.1, -0.05) is 23.2 Å². The van der Waals surface area contributed by atoms with Crippen LogP contribution in [0.1, 0.15) is 11.5 Å². The number of halogens is 2. The van der Waals surface area contributed by atoms with Gasteiger partial charge in [-0.2, -0.15) is 5.10 Å². The Morgan fingerprint density at radius 1 is 1.07 bits per heavy atom. The average Bonchev–Trinajstić information content (AvgIpc) is 3.37. The second-order valence-corrected chi connectivity index (χ2v) is 7.49. The third-order valence-electron chi connectivity index (χ3n) is 3.57. The molecule has 0 aliphatic carbocycles. The van der Waals surface area contributed by atoms with Crippen molar-refractivity contribution in [1.29, 1.82) is 0 Å². The van der Waals surface area contributed by atoms with Gasteiger partial charge in [0.1, 0.15) is 17.3 Å². The predicted octanol–water partition coefficient (Wildman–Crippen LogP) is 5.44. The molecule has 0 saturated carbocycles. The summed E-state index contributed by atoms with van der Waals surface area (Å²) in [6, 6.07) is 12.2. The lowest BCUT2D eigenvalue weighted by Crippen LogP contribution is -2.19. The van der Waals surface area contributed by atoms with E-state index in [1.165, 1.54) is 12.5 Å². The van der Waals surface area contributed by atoms with Crippen LogP contribution >= 0.6 is 35.0 Å². The predicted molar refractivity (Wildman–Crippen MR) is 112 cm³/mol. The SMILES string of the molecule is O=C1N/C(=N\N=Cc2ccco2)SC1=Cc1ccc(-c2cc(Cl)cc(Cl)c2)o1. The van der Waals surface area contributed by atoms with E-state index in [1.807, 2.05) is 0 Å². The van der Waals surface area contributed by atoms with E-state index in [4.69, 9.17) is 32.0 Å². The van der Waals surface area contributed by atoms with Crippen LogP contribution in [0, 0.1) is 0 Å². The highest BCUT2D eigenvalue weighted by atomic mass is 35.5. The third kappa shape index (κ3) is 4.39. The highest BCUT2D eigenvalue weighted by Crippen LogP contribution is 2.31. The molecule has 2 aromatic heterocycles. The van der Waals surface area contributed by atoms with Crippen molar-refractivity contribution in [2.45, 2.75) is 0 Å². The number of nitrogens with one attached hydrogen (secondary N) is 1. The van der Waals surface area contributed by atoms with Gasteiger partial charge in [0.2, 0.25) is 0 Å². The molecule has 0 unspecified atom stereocenters. The van der Waals surface area contributed by atoms with E-state index in [-0.39, 0.29) is 5.91 Å². The standard InChI is InChI=1S/C19H11Cl2N3O3S/c20-12-6-11(7-13(21)8-12)16-4-3-14(27-16)9-17-18(25)23-19(28-17)24-22-10-15-2-1-5-26-15/h1-10H,(H,23,24,25). The summed E-state index contributed by atoms with van der Waals surface area (Å²) in [4.78, 5) is 12.6. The number of hydrogen-bond acceptors (Lipinski definition) is 6. The molecular formula is C19H11Cl2N3O3S. The average molecular weight is 432 g/mol. The maximum Gasteiger partial charge on any atom is 0.264 e. The van der Waals surface area contributed by atoms with Gasteiger partial charge in [-0.05, 0) is 54.2 Å². The van der Waals surface area contributed by atoms with E-state index in [0.29, 0.717) is 37.4 Å². The van der Waals surface area contributed by atoms with Crippen LogP contribution in [0.15, 0.2) is 72.7 Å². The Kier molecular flexibility index (Phi) is 5.38. The quantitative estimate of drug-likeness (QED) is 0.338. The van der Waals surface area contributed by atoms with Crippen LogP contribution in [-0.4, -0.2) is 17.3 Å². The van der Waals surface area contributed by atoms with E-state index in [9.17, 15) is 4.79 Å². The highest BCUT2D eigenvalue weighted by Gasteiger charge is 2.24. The van der Waals surface area contributed by atoms with Gasteiger partial charge in [0.05, 0.1) is 17.4 Å². The number of hydrogen-bond donors (Lipinski definition) is 1. The topological polar surface area (TPSA) is 80.1 Å². The summed E-state index contributed by atoms with van der Waals surface area (Å²) < 4.78 is 10.9. The van der Waals surface area contributed by atoms with E-state index in [2.05, 4.69) is 15.5 Å². The smallest absolute Gasteiger partial charge is 0.264 e. The molecule has 9 heteroatoms. The van der Waals surface area contributed by atoms with Crippen molar-refractivity contribution in [3.05, 3.63) is 75.2 Å². The molecule has 1 aliphatic rings. The summed E-state index contributed by atoms with van der Waals surface area (Å²) in [5.74, 6) is 1.40. The van der Waals surface area contributed by atoms with Crippen molar-refractivity contribution in [2.24, 2.45) is 10.2 Å². The molecule has 28 heavy (non-hydrogen) atoms. The van der Waals surface area contributed by atoms with E-state index >= 15 is 0 Å². The molecule has 0 bridgehead atoms. The molecule has 6 nitrogen and oxygen atoms in total. The van der Waals surface area contributed by atoms with Crippen molar-refractivity contribution in [1.82, 2.24) is 5.32 Å². The van der Waals surface area contributed by atoms with Crippen molar-refractivity contribution in [3.8, 4) is 11.3 Å². The molecule has 1 saturated heterocycles. The Labute approximate surface area is 173 Å². The minimum Gasteiger partial charge on any atom is -0.463 e. The monoisotopic (exact) mass is 431 g/mol. The molecule has 1 N–H and O–H groups in total. The van der Waals surface area contributed by atoms with E-state index in [1.54, 1.807) is 48.5 Å². The number of carbonyl (C=O) groups excluding carboxylic acids is 1. The lowest BCUT2D eigenvalue weighted by atomic mass is 10.2. The molecule has 1 fully saturated rings. The molecule has 1 aromatic carbocycles. The Hall–Kier alpha value is -2.74. The Balaban J connectivity index is 1.50. The van der Waals surface area contributed by atoms with Gasteiger partial charge in [0.15, 0.2) is 5.17 Å². The first-order valence-electron chi connectivity index (χ1n) is 7.98. The summed E-state index contributed by atoms with van der Waals surface area (Å²) in [6.07, 6.45) is 4.63. The molecule has 0 atom stereocenters. The molecule has 0 radical (unpaired) electrons. The first kappa shape index (κ1) is 18.6. The number of amides is 1. The van der Waals surface area contributed by atoms with Gasteiger partial charge < -0.3 is 8.83 Å². The zero-order valence-electron chi connectivity index (χ0n) is 14.1. The molecule has 4 rings (SSSR count). The summed E-state index contributed by atoms with van der Waals surface area (Å²) in [7, 11) is 0. The largest absolute Gasteiger partial charge is 0.463 e. The Morgan fingerprint density at radius 2 is 1.89 bits per heavy atom. The van der Waals surface area contributed by atoms with E-state index in [0.717, 1.165) is 17.3 Å². The number of thioether (sulfide) groups is 1. The number of furan rings is 2. The number of amidine groups is 1. The van der Waals surface area contributed by atoms with Crippen molar-refractivity contribution in [3.63, 3.8) is 0 Å². The number of rotatable bonds is 4. The minimum atomic E-state index is -0.277. The van der Waals surface area contributed by atoms with Crippen molar-refractivity contribution in [2.75, 3.05) is 0 Å². The minimum absolute atomic E-state index is 0.277. The molecule has 3 aromatic rings. The number of nitrogens with zero attached hydrogens (tertiary/aromatic N) is 2. The van der Waals surface area contributed by atoms with Gasteiger partial charge in [0.25, 0.3) is 5.91 Å². The summed E-state index contributed by atoms with van der Waals surface area (Å²) in [6.45, 7) is 0. The van der Waals surface area contributed by atoms with Crippen LogP contribution < -0.4 is 5.32 Å². The zero-order valence-corrected chi connectivity index (χ0v) is 16.4. The van der Waals surface area contributed by atoms with Gasteiger partial charge >= 0.3 is 0 Å². The molecule has 3 heterocycles. The fraction of sp³-hybridized carbons (Fsp3) is 0. The van der Waals surface area contributed by atoms with Crippen molar-refractivity contribution >= 4 is 58.3 Å². The fourth-order valence-corrected chi connectivity index (χ4v) is 3.67. The van der Waals surface area contributed by atoms with Crippen LogP contribution in [0.5, 0.6) is 0 Å². The molecule has 1 amide bonds. The summed E-state index contributed by atoms with van der Waals surface area (Å²) in [5, 5.41) is 11.9. The second-order valence-electron chi connectivity index (χ2n) is 5.59. The van der Waals surface area contributed by atoms with Gasteiger partial charge in [-0.3, -0.25) is 10.1 Å². The molecular weight excluding hydrogens is 421 g/mol. The second kappa shape index (κ2) is 8.10. The summed E-state index contributed by atoms with van der Waals surface area (Å²) in [5.41, 5.74) is 0.750. The first-order chi connectivity index (χ1) is 13.6. The van der Waals surface area contributed by atoms with Gasteiger partial charge in [-0.15, -0.1) is 5.10 Å².